The minimum Gasteiger partial charge on any atom is -0.470 e. The zero-order valence-electron chi connectivity index (χ0n) is 9.81. The molecule has 2 heterocycles. The lowest BCUT2D eigenvalue weighted by Crippen LogP contribution is -2.42. The second-order valence-electron chi connectivity index (χ2n) is 4.53. The van der Waals surface area contributed by atoms with Gasteiger partial charge in [-0.2, -0.15) is 0 Å². The molecule has 1 atom stereocenters. The molecule has 90 valence electrons. The van der Waals surface area contributed by atoms with Crippen LogP contribution in [0.4, 0.5) is 4.79 Å². The molecule has 3 rings (SSSR count). The van der Waals surface area contributed by atoms with Crippen LogP contribution in [0.1, 0.15) is 17.5 Å². The van der Waals surface area contributed by atoms with Crippen molar-refractivity contribution in [2.24, 2.45) is 0 Å². The Morgan fingerprint density at radius 2 is 2.29 bits per heavy atom. The number of nitrogens with zero attached hydrogens (tertiary/aromatic N) is 1. The minimum atomic E-state index is -0.259. The molecule has 0 unspecified atom stereocenters. The SMILES string of the molecule is Cc1ccc2c(c1)CC[C@H](N1CCOC1=O)O2. The first-order valence-electron chi connectivity index (χ1n) is 5.93. The van der Waals surface area contributed by atoms with Gasteiger partial charge in [-0.25, -0.2) is 4.79 Å². The number of ether oxygens (including phenoxy) is 2. The summed E-state index contributed by atoms with van der Waals surface area (Å²) in [5.41, 5.74) is 2.47. The van der Waals surface area contributed by atoms with E-state index < -0.39 is 0 Å². The second-order valence-corrected chi connectivity index (χ2v) is 4.53. The number of cyclic esters (lactones) is 1. The summed E-state index contributed by atoms with van der Waals surface area (Å²) in [5.74, 6) is 0.895. The Labute approximate surface area is 100 Å². The van der Waals surface area contributed by atoms with Gasteiger partial charge in [0.1, 0.15) is 12.4 Å². The maximum absolute atomic E-state index is 11.5. The van der Waals surface area contributed by atoms with Gasteiger partial charge in [-0.05, 0) is 25.0 Å². The largest absolute Gasteiger partial charge is 0.470 e. The number of amides is 1. The highest BCUT2D eigenvalue weighted by atomic mass is 16.6. The Morgan fingerprint density at radius 1 is 1.41 bits per heavy atom. The average Bonchev–Trinajstić information content (AvgIpc) is 2.75. The molecular weight excluding hydrogens is 218 g/mol. The minimum absolute atomic E-state index is 0.166. The topological polar surface area (TPSA) is 38.8 Å². The van der Waals surface area contributed by atoms with Crippen molar-refractivity contribution in [2.45, 2.75) is 26.0 Å². The van der Waals surface area contributed by atoms with Gasteiger partial charge in [0, 0.05) is 6.42 Å². The van der Waals surface area contributed by atoms with E-state index in [1.54, 1.807) is 4.90 Å². The van der Waals surface area contributed by atoms with Crippen molar-refractivity contribution in [3.63, 3.8) is 0 Å². The lowest BCUT2D eigenvalue weighted by molar-refractivity contribution is 0.0419. The molecule has 0 aromatic heterocycles. The Kier molecular flexibility index (Phi) is 2.42. The van der Waals surface area contributed by atoms with Gasteiger partial charge in [-0.1, -0.05) is 17.7 Å². The number of hydrogen-bond acceptors (Lipinski definition) is 3. The highest BCUT2D eigenvalue weighted by Crippen LogP contribution is 2.30. The normalized spacial score (nSPS) is 23.0. The number of rotatable bonds is 1. The van der Waals surface area contributed by atoms with Gasteiger partial charge >= 0.3 is 6.09 Å². The van der Waals surface area contributed by atoms with Crippen molar-refractivity contribution < 1.29 is 14.3 Å². The predicted molar refractivity (Wildman–Crippen MR) is 62.0 cm³/mol. The molecule has 0 aliphatic carbocycles. The fourth-order valence-electron chi connectivity index (χ4n) is 2.39. The standard InChI is InChI=1S/C13H15NO3/c1-9-2-4-11-10(8-9)3-5-12(17-11)14-6-7-16-13(14)15/h2,4,8,12H,3,5-7H2,1H3/t12-/m1/s1. The first-order valence-corrected chi connectivity index (χ1v) is 5.93. The summed E-state index contributed by atoms with van der Waals surface area (Å²) in [5, 5.41) is 0. The molecule has 1 fully saturated rings. The summed E-state index contributed by atoms with van der Waals surface area (Å²) in [6.07, 6.45) is 1.36. The number of hydrogen-bond donors (Lipinski definition) is 0. The average molecular weight is 233 g/mol. The molecule has 0 bridgehead atoms. The lowest BCUT2D eigenvalue weighted by Gasteiger charge is -2.31. The monoisotopic (exact) mass is 233 g/mol. The molecule has 2 aliphatic rings. The molecule has 0 saturated carbocycles. The van der Waals surface area contributed by atoms with Gasteiger partial charge in [0.05, 0.1) is 6.54 Å². The smallest absolute Gasteiger partial charge is 0.412 e. The van der Waals surface area contributed by atoms with Crippen molar-refractivity contribution in [3.8, 4) is 5.75 Å². The van der Waals surface area contributed by atoms with Crippen LogP contribution in [-0.2, 0) is 11.2 Å². The van der Waals surface area contributed by atoms with Gasteiger partial charge in [-0.3, -0.25) is 4.90 Å². The number of fused-ring (bicyclic) bond motifs is 1. The van der Waals surface area contributed by atoms with Gasteiger partial charge in [0.2, 0.25) is 0 Å². The van der Waals surface area contributed by atoms with Gasteiger partial charge in [0.25, 0.3) is 0 Å². The van der Waals surface area contributed by atoms with E-state index in [4.69, 9.17) is 9.47 Å². The first kappa shape index (κ1) is 10.4. The van der Waals surface area contributed by atoms with Crippen LogP contribution in [0.25, 0.3) is 0 Å². The van der Waals surface area contributed by atoms with E-state index in [0.29, 0.717) is 13.2 Å². The van der Waals surface area contributed by atoms with E-state index in [-0.39, 0.29) is 12.3 Å². The Bertz CT molecular complexity index is 458. The Balaban J connectivity index is 1.80. The number of benzene rings is 1. The van der Waals surface area contributed by atoms with Crippen LogP contribution >= 0.6 is 0 Å². The van der Waals surface area contributed by atoms with E-state index in [9.17, 15) is 4.79 Å². The molecule has 1 saturated heterocycles. The molecule has 0 N–H and O–H groups in total. The molecule has 1 amide bonds. The van der Waals surface area contributed by atoms with Crippen LogP contribution in [0.15, 0.2) is 18.2 Å². The fraction of sp³-hybridized carbons (Fsp3) is 0.462. The molecule has 1 aromatic carbocycles. The second kappa shape index (κ2) is 3.95. The number of carbonyl (C=O) groups is 1. The Morgan fingerprint density at radius 3 is 3.06 bits per heavy atom. The maximum atomic E-state index is 11.5. The zero-order valence-corrected chi connectivity index (χ0v) is 9.81. The fourth-order valence-corrected chi connectivity index (χ4v) is 2.39. The van der Waals surface area contributed by atoms with Crippen molar-refractivity contribution in [3.05, 3.63) is 29.3 Å². The van der Waals surface area contributed by atoms with Crippen LogP contribution in [-0.4, -0.2) is 30.4 Å². The van der Waals surface area contributed by atoms with E-state index in [1.807, 2.05) is 12.1 Å². The molecule has 0 radical (unpaired) electrons. The van der Waals surface area contributed by atoms with Gasteiger partial charge in [0.15, 0.2) is 6.23 Å². The lowest BCUT2D eigenvalue weighted by atomic mass is 10.0. The third-order valence-corrected chi connectivity index (χ3v) is 3.28. The Hall–Kier alpha value is -1.71. The third kappa shape index (κ3) is 1.84. The van der Waals surface area contributed by atoms with Crippen LogP contribution in [0.3, 0.4) is 0 Å². The molecule has 4 heteroatoms. The van der Waals surface area contributed by atoms with Crippen LogP contribution < -0.4 is 4.74 Å². The number of aryl methyl sites for hydroxylation is 2. The summed E-state index contributed by atoms with van der Waals surface area (Å²) in [4.78, 5) is 13.1. The summed E-state index contributed by atoms with van der Waals surface area (Å²) in [6.45, 7) is 3.17. The molecule has 1 aromatic rings. The number of carbonyl (C=O) groups excluding carboxylic acids is 1. The molecule has 0 spiro atoms. The van der Waals surface area contributed by atoms with E-state index >= 15 is 0 Å². The highest BCUT2D eigenvalue weighted by molar-refractivity contribution is 5.69. The van der Waals surface area contributed by atoms with E-state index in [0.717, 1.165) is 18.6 Å². The maximum Gasteiger partial charge on any atom is 0.412 e. The first-order chi connectivity index (χ1) is 8.24. The molecule has 2 aliphatic heterocycles. The molecular formula is C13H15NO3. The third-order valence-electron chi connectivity index (χ3n) is 3.28. The summed E-state index contributed by atoms with van der Waals surface area (Å²) in [7, 11) is 0. The van der Waals surface area contributed by atoms with Crippen molar-refractivity contribution in [1.29, 1.82) is 0 Å². The predicted octanol–water partition coefficient (Wildman–Crippen LogP) is 2.10. The summed E-state index contributed by atoms with van der Waals surface area (Å²) >= 11 is 0. The van der Waals surface area contributed by atoms with Crippen LogP contribution in [0, 0.1) is 6.92 Å². The summed E-state index contributed by atoms with van der Waals surface area (Å²) in [6, 6.07) is 6.16. The van der Waals surface area contributed by atoms with Crippen molar-refractivity contribution in [2.75, 3.05) is 13.2 Å². The molecule has 17 heavy (non-hydrogen) atoms. The highest BCUT2D eigenvalue weighted by Gasteiger charge is 2.33. The zero-order chi connectivity index (χ0) is 11.8. The molecule has 4 nitrogen and oxygen atoms in total. The van der Waals surface area contributed by atoms with Crippen LogP contribution in [0.5, 0.6) is 5.75 Å². The van der Waals surface area contributed by atoms with Crippen molar-refractivity contribution in [1.82, 2.24) is 4.90 Å². The van der Waals surface area contributed by atoms with E-state index in [2.05, 4.69) is 13.0 Å². The van der Waals surface area contributed by atoms with E-state index in [1.165, 1.54) is 11.1 Å². The van der Waals surface area contributed by atoms with Gasteiger partial charge in [-0.15, -0.1) is 0 Å². The quantitative estimate of drug-likeness (QED) is 0.745. The summed E-state index contributed by atoms with van der Waals surface area (Å²) < 4.78 is 10.8. The van der Waals surface area contributed by atoms with Gasteiger partial charge < -0.3 is 9.47 Å². The van der Waals surface area contributed by atoms with Crippen molar-refractivity contribution >= 4 is 6.09 Å². The van der Waals surface area contributed by atoms with Crippen LogP contribution in [0.2, 0.25) is 0 Å².